The maximum atomic E-state index is 12.0. The summed E-state index contributed by atoms with van der Waals surface area (Å²) in [5, 5.41) is 13.8. The van der Waals surface area contributed by atoms with E-state index in [2.05, 4.69) is 15.4 Å². The van der Waals surface area contributed by atoms with Gasteiger partial charge in [0.25, 0.3) is 0 Å². The molecule has 0 spiro atoms. The smallest absolute Gasteiger partial charge is 0.406 e. The number of methoxy groups -OCH3 is 1. The van der Waals surface area contributed by atoms with Crippen LogP contribution in [0.2, 0.25) is 0 Å². The molecule has 6 nitrogen and oxygen atoms in total. The van der Waals surface area contributed by atoms with Crippen LogP contribution in [0.4, 0.5) is 23.7 Å². The molecule has 0 saturated carbocycles. The van der Waals surface area contributed by atoms with Crippen molar-refractivity contribution in [2.75, 3.05) is 25.6 Å². The lowest BCUT2D eigenvalue weighted by Gasteiger charge is -2.16. The van der Waals surface area contributed by atoms with Crippen molar-refractivity contribution < 1.29 is 32.5 Å². The first-order chi connectivity index (χ1) is 9.84. The predicted octanol–water partition coefficient (Wildman–Crippen LogP) is 1.71. The van der Waals surface area contributed by atoms with Gasteiger partial charge in [-0.05, 0) is 24.3 Å². The normalized spacial score (nSPS) is 12.6. The Bertz CT molecular complexity index is 451. The van der Waals surface area contributed by atoms with E-state index in [4.69, 9.17) is 9.84 Å². The molecule has 0 fully saturated rings. The van der Waals surface area contributed by atoms with Gasteiger partial charge in [-0.1, -0.05) is 0 Å². The van der Waals surface area contributed by atoms with Gasteiger partial charge >= 0.3 is 12.4 Å². The third-order valence-electron chi connectivity index (χ3n) is 2.27. The van der Waals surface area contributed by atoms with Crippen molar-refractivity contribution in [1.29, 1.82) is 0 Å². The number of anilines is 1. The average Bonchev–Trinajstić information content (AvgIpc) is 2.39. The van der Waals surface area contributed by atoms with Gasteiger partial charge in [0, 0.05) is 12.8 Å². The number of rotatable bonds is 6. The zero-order chi connectivity index (χ0) is 15.9. The summed E-state index contributed by atoms with van der Waals surface area (Å²) in [6.07, 6.45) is -4.76. The Morgan fingerprint density at radius 3 is 2.43 bits per heavy atom. The number of benzene rings is 1. The van der Waals surface area contributed by atoms with Crippen LogP contribution in [-0.2, 0) is 4.74 Å². The van der Waals surface area contributed by atoms with Gasteiger partial charge in [-0.15, -0.1) is 13.2 Å². The third-order valence-corrected chi connectivity index (χ3v) is 2.27. The minimum Gasteiger partial charge on any atom is -0.406 e. The van der Waals surface area contributed by atoms with Crippen molar-refractivity contribution in [2.24, 2.45) is 0 Å². The Kier molecular flexibility index (Phi) is 6.25. The lowest BCUT2D eigenvalue weighted by atomic mass is 10.3. The first-order valence-electron chi connectivity index (χ1n) is 5.87. The minimum atomic E-state index is -4.76. The van der Waals surface area contributed by atoms with E-state index >= 15 is 0 Å². The fraction of sp³-hybridized carbons (Fsp3) is 0.417. The molecule has 9 heteroatoms. The van der Waals surface area contributed by atoms with Crippen molar-refractivity contribution in [3.05, 3.63) is 24.3 Å². The number of carbonyl (C=O) groups is 1. The molecule has 0 saturated heterocycles. The Morgan fingerprint density at radius 2 is 1.95 bits per heavy atom. The topological polar surface area (TPSA) is 79.8 Å². The number of nitrogens with one attached hydrogen (secondary N) is 2. The number of hydrogen-bond acceptors (Lipinski definition) is 4. The summed E-state index contributed by atoms with van der Waals surface area (Å²) >= 11 is 0. The summed E-state index contributed by atoms with van der Waals surface area (Å²) in [5.41, 5.74) is 0.274. The minimum absolute atomic E-state index is 0.127. The summed E-state index contributed by atoms with van der Waals surface area (Å²) < 4.78 is 44.4. The lowest BCUT2D eigenvalue weighted by molar-refractivity contribution is -0.274. The van der Waals surface area contributed by atoms with E-state index in [0.717, 1.165) is 12.1 Å². The molecule has 1 aromatic carbocycles. The predicted molar refractivity (Wildman–Crippen MR) is 68.0 cm³/mol. The molecule has 2 amide bonds. The molecule has 0 bridgehead atoms. The van der Waals surface area contributed by atoms with Crippen LogP contribution in [0, 0.1) is 0 Å². The number of hydrogen-bond donors (Lipinski definition) is 3. The number of amides is 2. The van der Waals surface area contributed by atoms with Gasteiger partial charge in [0.2, 0.25) is 0 Å². The highest BCUT2D eigenvalue weighted by Crippen LogP contribution is 2.23. The third kappa shape index (κ3) is 6.82. The standard InChI is InChI=1S/C12H15F3N2O4/c1-20-7-9(6-18)17-11(19)16-8-2-4-10(5-3-8)21-12(13,14)15/h2-5,9,18H,6-7H2,1H3,(H2,16,17,19). The molecule has 21 heavy (non-hydrogen) atoms. The average molecular weight is 308 g/mol. The molecule has 0 heterocycles. The van der Waals surface area contributed by atoms with Crippen LogP contribution >= 0.6 is 0 Å². The fourth-order valence-electron chi connectivity index (χ4n) is 1.43. The Hall–Kier alpha value is -2.00. The first-order valence-corrected chi connectivity index (χ1v) is 5.87. The van der Waals surface area contributed by atoms with Crippen LogP contribution in [0.5, 0.6) is 5.75 Å². The number of carbonyl (C=O) groups excluding carboxylic acids is 1. The fourth-order valence-corrected chi connectivity index (χ4v) is 1.43. The van der Waals surface area contributed by atoms with Gasteiger partial charge in [0.1, 0.15) is 5.75 Å². The second kappa shape index (κ2) is 7.70. The number of alkyl halides is 3. The SMILES string of the molecule is COCC(CO)NC(=O)Nc1ccc(OC(F)(F)F)cc1. The number of urea groups is 1. The van der Waals surface area contributed by atoms with Crippen molar-refractivity contribution in [2.45, 2.75) is 12.4 Å². The highest BCUT2D eigenvalue weighted by Gasteiger charge is 2.30. The van der Waals surface area contributed by atoms with Gasteiger partial charge < -0.3 is 25.2 Å². The van der Waals surface area contributed by atoms with Crippen LogP contribution in [0.1, 0.15) is 0 Å². The molecule has 1 atom stereocenters. The Morgan fingerprint density at radius 1 is 1.33 bits per heavy atom. The van der Waals surface area contributed by atoms with Crippen LogP contribution in [0.15, 0.2) is 24.3 Å². The van der Waals surface area contributed by atoms with E-state index in [1.165, 1.54) is 19.2 Å². The number of halogens is 3. The summed E-state index contributed by atoms with van der Waals surface area (Å²) in [6, 6.07) is 3.46. The molecule has 1 unspecified atom stereocenters. The maximum absolute atomic E-state index is 12.0. The van der Waals surface area contributed by atoms with Crippen molar-refractivity contribution >= 4 is 11.7 Å². The summed E-state index contributed by atoms with van der Waals surface area (Å²) in [5.74, 6) is -0.388. The molecule has 0 aliphatic heterocycles. The monoisotopic (exact) mass is 308 g/mol. The quantitative estimate of drug-likeness (QED) is 0.747. The van der Waals surface area contributed by atoms with Crippen molar-refractivity contribution in [3.8, 4) is 5.75 Å². The second-order valence-electron chi connectivity index (χ2n) is 4.01. The van der Waals surface area contributed by atoms with Gasteiger partial charge in [-0.3, -0.25) is 0 Å². The lowest BCUT2D eigenvalue weighted by Crippen LogP contribution is -2.42. The summed E-state index contributed by atoms with van der Waals surface area (Å²) in [6.45, 7) is -0.179. The molecule has 1 rings (SSSR count). The number of ether oxygens (including phenoxy) is 2. The molecule has 0 aliphatic carbocycles. The largest absolute Gasteiger partial charge is 0.573 e. The molecule has 0 radical (unpaired) electrons. The van der Waals surface area contributed by atoms with Gasteiger partial charge in [-0.2, -0.15) is 0 Å². The Balaban J connectivity index is 2.53. The van der Waals surface area contributed by atoms with E-state index in [9.17, 15) is 18.0 Å². The zero-order valence-corrected chi connectivity index (χ0v) is 11.1. The molecular formula is C12H15F3N2O4. The van der Waals surface area contributed by atoms with Crippen LogP contribution in [-0.4, -0.2) is 43.9 Å². The highest BCUT2D eigenvalue weighted by atomic mass is 19.4. The molecule has 118 valence electrons. The van der Waals surface area contributed by atoms with E-state index < -0.39 is 18.4 Å². The molecule has 3 N–H and O–H groups in total. The summed E-state index contributed by atoms with van der Waals surface area (Å²) in [4.78, 5) is 11.6. The maximum Gasteiger partial charge on any atom is 0.573 e. The molecular weight excluding hydrogens is 293 g/mol. The van der Waals surface area contributed by atoms with Crippen LogP contribution in [0.25, 0.3) is 0 Å². The van der Waals surface area contributed by atoms with E-state index in [1.54, 1.807) is 0 Å². The molecule has 0 aromatic heterocycles. The van der Waals surface area contributed by atoms with E-state index in [-0.39, 0.29) is 24.7 Å². The van der Waals surface area contributed by atoms with E-state index in [1.807, 2.05) is 0 Å². The Labute approximate surface area is 118 Å². The molecule has 1 aromatic rings. The number of aliphatic hydroxyl groups is 1. The summed E-state index contributed by atoms with van der Waals surface area (Å²) in [7, 11) is 1.42. The first kappa shape index (κ1) is 17.1. The van der Waals surface area contributed by atoms with Gasteiger partial charge in [-0.25, -0.2) is 4.79 Å². The van der Waals surface area contributed by atoms with Gasteiger partial charge in [0.05, 0.1) is 19.3 Å². The molecule has 0 aliphatic rings. The van der Waals surface area contributed by atoms with E-state index in [0.29, 0.717) is 0 Å². The van der Waals surface area contributed by atoms with Crippen LogP contribution < -0.4 is 15.4 Å². The van der Waals surface area contributed by atoms with Crippen molar-refractivity contribution in [1.82, 2.24) is 5.32 Å². The highest BCUT2D eigenvalue weighted by molar-refractivity contribution is 5.89. The van der Waals surface area contributed by atoms with Crippen LogP contribution in [0.3, 0.4) is 0 Å². The number of aliphatic hydroxyl groups excluding tert-OH is 1. The van der Waals surface area contributed by atoms with Crippen molar-refractivity contribution in [3.63, 3.8) is 0 Å². The second-order valence-corrected chi connectivity index (χ2v) is 4.01. The van der Waals surface area contributed by atoms with Gasteiger partial charge in [0.15, 0.2) is 0 Å². The zero-order valence-electron chi connectivity index (χ0n) is 11.1.